The van der Waals surface area contributed by atoms with E-state index in [1.54, 1.807) is 25.2 Å². The summed E-state index contributed by atoms with van der Waals surface area (Å²) >= 11 is 1.01. The van der Waals surface area contributed by atoms with Crippen molar-refractivity contribution >= 4 is 17.5 Å². The number of ketones is 1. The van der Waals surface area contributed by atoms with Crippen molar-refractivity contribution in [3.8, 4) is 11.4 Å². The van der Waals surface area contributed by atoms with Crippen LogP contribution in [0.5, 0.6) is 0 Å². The molecule has 0 fully saturated rings. The Bertz CT molecular complexity index is 943. The van der Waals surface area contributed by atoms with Crippen LogP contribution in [0.15, 0.2) is 47.6 Å². The van der Waals surface area contributed by atoms with Crippen LogP contribution in [0.3, 0.4) is 0 Å². The highest BCUT2D eigenvalue weighted by atomic mass is 32.2. The fraction of sp³-hybridized carbons (Fsp3) is 0.118. The van der Waals surface area contributed by atoms with E-state index in [1.807, 2.05) is 0 Å². The number of aromatic nitrogens is 3. The van der Waals surface area contributed by atoms with Gasteiger partial charge < -0.3 is 4.57 Å². The monoisotopic (exact) mass is 363 g/mol. The molecule has 0 atom stereocenters. The molecule has 25 heavy (non-hydrogen) atoms. The third-order valence-electron chi connectivity index (χ3n) is 3.51. The van der Waals surface area contributed by atoms with Crippen LogP contribution >= 0.6 is 11.8 Å². The lowest BCUT2D eigenvalue weighted by molar-refractivity contribution is 0.101. The molecule has 128 valence electrons. The van der Waals surface area contributed by atoms with Gasteiger partial charge in [0.15, 0.2) is 16.8 Å². The molecule has 0 aliphatic carbocycles. The molecule has 1 aromatic heterocycles. The van der Waals surface area contributed by atoms with Crippen LogP contribution in [0, 0.1) is 17.5 Å². The normalized spacial score (nSPS) is 10.9. The maximum Gasteiger partial charge on any atom is 0.191 e. The molecule has 0 N–H and O–H groups in total. The summed E-state index contributed by atoms with van der Waals surface area (Å²) in [7, 11) is 1.64. The molecule has 0 spiro atoms. The minimum absolute atomic E-state index is 0.149. The highest BCUT2D eigenvalue weighted by Crippen LogP contribution is 2.25. The Labute approximate surface area is 145 Å². The van der Waals surface area contributed by atoms with E-state index in [0.29, 0.717) is 11.0 Å². The predicted octanol–water partition coefficient (Wildman–Crippen LogP) is 3.87. The first-order valence-electron chi connectivity index (χ1n) is 7.22. The van der Waals surface area contributed by atoms with Gasteiger partial charge in [0.05, 0.1) is 16.9 Å². The number of hydrogen-bond acceptors (Lipinski definition) is 4. The van der Waals surface area contributed by atoms with Crippen LogP contribution in [0.2, 0.25) is 0 Å². The standard InChI is InChI=1S/C17H12F3N3OS/c1-23-16(11-4-2-3-5-13(11)19)21-22-17(23)25-9-15(24)12-8-10(18)6-7-14(12)20/h2-8H,9H2,1H3. The van der Waals surface area contributed by atoms with Crippen LogP contribution in [-0.4, -0.2) is 26.3 Å². The van der Waals surface area contributed by atoms with Crippen molar-refractivity contribution in [1.29, 1.82) is 0 Å². The van der Waals surface area contributed by atoms with E-state index in [-0.39, 0.29) is 16.9 Å². The molecule has 8 heteroatoms. The molecule has 0 amide bonds. The maximum atomic E-state index is 13.9. The Hall–Kier alpha value is -2.61. The van der Waals surface area contributed by atoms with Crippen molar-refractivity contribution in [2.24, 2.45) is 7.05 Å². The summed E-state index contributed by atoms with van der Waals surface area (Å²) in [6.45, 7) is 0. The molecule has 0 bridgehead atoms. The number of nitrogens with zero attached hydrogens (tertiary/aromatic N) is 3. The first-order valence-corrected chi connectivity index (χ1v) is 8.21. The molecule has 0 saturated carbocycles. The number of carbonyl (C=O) groups excluding carboxylic acids is 1. The van der Waals surface area contributed by atoms with E-state index in [1.165, 1.54) is 10.6 Å². The van der Waals surface area contributed by atoms with Crippen LogP contribution in [0.4, 0.5) is 13.2 Å². The predicted molar refractivity (Wildman–Crippen MR) is 87.8 cm³/mol. The Balaban J connectivity index is 1.78. The first-order chi connectivity index (χ1) is 12.0. The zero-order valence-electron chi connectivity index (χ0n) is 13.0. The molecule has 2 aromatic carbocycles. The smallest absolute Gasteiger partial charge is 0.191 e. The third kappa shape index (κ3) is 3.58. The van der Waals surface area contributed by atoms with Crippen LogP contribution in [0.1, 0.15) is 10.4 Å². The van der Waals surface area contributed by atoms with Crippen molar-refractivity contribution in [3.05, 3.63) is 65.5 Å². The van der Waals surface area contributed by atoms with Crippen LogP contribution < -0.4 is 0 Å². The number of benzene rings is 2. The summed E-state index contributed by atoms with van der Waals surface area (Å²) in [5.74, 6) is -2.31. The fourth-order valence-electron chi connectivity index (χ4n) is 2.24. The van der Waals surface area contributed by atoms with Crippen LogP contribution in [-0.2, 0) is 7.05 Å². The lowest BCUT2D eigenvalue weighted by Gasteiger charge is -2.05. The van der Waals surface area contributed by atoms with Crippen LogP contribution in [0.25, 0.3) is 11.4 Å². The van der Waals surface area contributed by atoms with Crippen molar-refractivity contribution in [2.75, 3.05) is 5.75 Å². The molecule has 4 nitrogen and oxygen atoms in total. The van der Waals surface area contributed by atoms with Gasteiger partial charge in [-0.2, -0.15) is 0 Å². The molecular weight excluding hydrogens is 351 g/mol. The summed E-state index contributed by atoms with van der Waals surface area (Å²) in [6.07, 6.45) is 0. The maximum absolute atomic E-state index is 13.9. The second kappa shape index (κ2) is 7.10. The topological polar surface area (TPSA) is 47.8 Å². The van der Waals surface area contributed by atoms with Gasteiger partial charge in [0.2, 0.25) is 0 Å². The van der Waals surface area contributed by atoms with Gasteiger partial charge in [0, 0.05) is 7.05 Å². The number of halogens is 3. The molecule has 3 aromatic rings. The first kappa shape index (κ1) is 17.2. The summed E-state index contributed by atoms with van der Waals surface area (Å²) in [4.78, 5) is 12.1. The SMILES string of the molecule is Cn1c(SCC(=O)c2cc(F)ccc2F)nnc1-c1ccccc1F. The van der Waals surface area contributed by atoms with Gasteiger partial charge >= 0.3 is 0 Å². The van der Waals surface area contributed by atoms with Crippen molar-refractivity contribution in [3.63, 3.8) is 0 Å². The van der Waals surface area contributed by atoms with Gasteiger partial charge in [-0.25, -0.2) is 13.2 Å². The average molecular weight is 363 g/mol. The summed E-state index contributed by atoms with van der Waals surface area (Å²) in [6, 6.07) is 8.84. The number of rotatable bonds is 5. The van der Waals surface area contributed by atoms with Gasteiger partial charge in [0.1, 0.15) is 17.5 Å². The van der Waals surface area contributed by atoms with Crippen molar-refractivity contribution in [1.82, 2.24) is 14.8 Å². The third-order valence-corrected chi connectivity index (χ3v) is 4.53. The van der Waals surface area contributed by atoms with Crippen molar-refractivity contribution in [2.45, 2.75) is 5.16 Å². The highest BCUT2D eigenvalue weighted by molar-refractivity contribution is 7.99. The average Bonchev–Trinajstić information content (AvgIpc) is 2.96. The number of thioether (sulfide) groups is 1. The summed E-state index contributed by atoms with van der Waals surface area (Å²) < 4.78 is 42.2. The molecule has 1 heterocycles. The minimum Gasteiger partial charge on any atom is -0.305 e. The zero-order chi connectivity index (χ0) is 18.0. The highest BCUT2D eigenvalue weighted by Gasteiger charge is 2.17. The van der Waals surface area contributed by atoms with E-state index in [9.17, 15) is 18.0 Å². The molecule has 3 rings (SSSR count). The second-order valence-electron chi connectivity index (χ2n) is 5.18. The van der Waals surface area contributed by atoms with Gasteiger partial charge in [-0.05, 0) is 30.3 Å². The Morgan fingerprint density at radius 1 is 1.08 bits per heavy atom. The molecule has 0 aliphatic rings. The fourth-order valence-corrected chi connectivity index (χ4v) is 3.03. The summed E-state index contributed by atoms with van der Waals surface area (Å²) in [5.41, 5.74) is -0.0316. The molecule has 0 radical (unpaired) electrons. The van der Waals surface area contributed by atoms with E-state index >= 15 is 0 Å². The number of carbonyl (C=O) groups is 1. The quantitative estimate of drug-likeness (QED) is 0.510. The molecular formula is C17H12F3N3OS. The van der Waals surface area contributed by atoms with Gasteiger partial charge in [-0.3, -0.25) is 4.79 Å². The van der Waals surface area contributed by atoms with Gasteiger partial charge in [-0.15, -0.1) is 10.2 Å². The zero-order valence-corrected chi connectivity index (χ0v) is 13.9. The van der Waals surface area contributed by atoms with E-state index < -0.39 is 23.2 Å². The van der Waals surface area contributed by atoms with E-state index in [0.717, 1.165) is 30.0 Å². The number of hydrogen-bond donors (Lipinski definition) is 0. The lowest BCUT2D eigenvalue weighted by atomic mass is 10.1. The van der Waals surface area contributed by atoms with E-state index in [2.05, 4.69) is 10.2 Å². The largest absolute Gasteiger partial charge is 0.305 e. The molecule has 0 aliphatic heterocycles. The van der Waals surface area contributed by atoms with E-state index in [4.69, 9.17) is 0 Å². The Morgan fingerprint density at radius 2 is 1.84 bits per heavy atom. The summed E-state index contributed by atoms with van der Waals surface area (Å²) in [5, 5.41) is 8.23. The molecule has 0 unspecified atom stereocenters. The minimum atomic E-state index is -0.781. The van der Waals surface area contributed by atoms with Crippen molar-refractivity contribution < 1.29 is 18.0 Å². The Morgan fingerprint density at radius 3 is 2.60 bits per heavy atom. The lowest BCUT2D eigenvalue weighted by Crippen LogP contribution is -2.07. The Kier molecular flexibility index (Phi) is 4.89. The van der Waals surface area contributed by atoms with Gasteiger partial charge in [-0.1, -0.05) is 23.9 Å². The molecule has 0 saturated heterocycles. The second-order valence-corrected chi connectivity index (χ2v) is 6.12. The van der Waals surface area contributed by atoms with Gasteiger partial charge in [0.25, 0.3) is 0 Å². The number of Topliss-reactive ketones (excluding diaryl/α,β-unsaturated/α-hetero) is 1.